The van der Waals surface area contributed by atoms with Gasteiger partial charge in [-0.15, -0.1) is 0 Å². The third-order valence-corrected chi connectivity index (χ3v) is 3.44. The van der Waals surface area contributed by atoms with Gasteiger partial charge in [0.05, 0.1) is 18.1 Å². The van der Waals surface area contributed by atoms with Crippen molar-refractivity contribution < 1.29 is 9.13 Å². The van der Waals surface area contributed by atoms with Gasteiger partial charge in [-0.3, -0.25) is 0 Å². The van der Waals surface area contributed by atoms with Gasteiger partial charge in [-0.2, -0.15) is 5.26 Å². The molecule has 1 aromatic carbocycles. The van der Waals surface area contributed by atoms with E-state index in [1.54, 1.807) is 6.07 Å². The van der Waals surface area contributed by atoms with Crippen LogP contribution in [0.3, 0.4) is 0 Å². The number of benzene rings is 1. The lowest BCUT2D eigenvalue weighted by Crippen LogP contribution is -2.25. The first-order valence-corrected chi connectivity index (χ1v) is 6.72. The molecule has 1 fully saturated rings. The summed E-state index contributed by atoms with van der Waals surface area (Å²) in [5.74, 6) is -0.00402. The number of halogens is 1. The Morgan fingerprint density at radius 1 is 1.47 bits per heavy atom. The van der Waals surface area contributed by atoms with Crippen LogP contribution in [0.4, 0.5) is 4.39 Å². The molecule has 0 saturated heterocycles. The zero-order chi connectivity index (χ0) is 13.7. The lowest BCUT2D eigenvalue weighted by molar-refractivity contribution is 0.321. The largest absolute Gasteiger partial charge is 0.491 e. The number of rotatable bonds is 7. The fourth-order valence-corrected chi connectivity index (χ4v) is 2.01. The standard InChI is InChI=1S/C15H19FN2O/c1-2-19-14-4-3-12(9-13(14)16)5-8-18-11-15(10-17)6-7-15/h3-4,9,18H,2,5-8,11H2,1H3. The monoisotopic (exact) mass is 262 g/mol. The van der Waals surface area contributed by atoms with E-state index < -0.39 is 0 Å². The molecule has 4 heteroatoms. The number of hydrogen-bond acceptors (Lipinski definition) is 3. The van der Waals surface area contributed by atoms with Crippen LogP contribution >= 0.6 is 0 Å². The molecule has 0 atom stereocenters. The summed E-state index contributed by atoms with van der Waals surface area (Å²) in [6.45, 7) is 3.80. The fourth-order valence-electron chi connectivity index (χ4n) is 2.01. The van der Waals surface area contributed by atoms with Gasteiger partial charge < -0.3 is 10.1 Å². The topological polar surface area (TPSA) is 45.0 Å². The predicted octanol–water partition coefficient (Wildman–Crippen LogP) is 2.66. The molecule has 0 amide bonds. The quantitative estimate of drug-likeness (QED) is 0.768. The highest BCUT2D eigenvalue weighted by Gasteiger charge is 2.42. The average Bonchev–Trinajstić information content (AvgIpc) is 3.19. The number of nitrogens with one attached hydrogen (secondary N) is 1. The minimum absolute atomic E-state index is 0.121. The van der Waals surface area contributed by atoms with E-state index in [2.05, 4.69) is 11.4 Å². The van der Waals surface area contributed by atoms with E-state index in [-0.39, 0.29) is 11.2 Å². The molecule has 2 rings (SSSR count). The van der Waals surface area contributed by atoms with Crippen LogP contribution in [0.2, 0.25) is 0 Å². The molecule has 102 valence electrons. The number of nitrogens with zero attached hydrogens (tertiary/aromatic N) is 1. The summed E-state index contributed by atoms with van der Waals surface area (Å²) in [5, 5.41) is 12.2. The predicted molar refractivity (Wildman–Crippen MR) is 71.4 cm³/mol. The van der Waals surface area contributed by atoms with Crippen molar-refractivity contribution in [1.82, 2.24) is 5.32 Å². The maximum atomic E-state index is 13.6. The maximum absolute atomic E-state index is 13.6. The Balaban J connectivity index is 1.77. The van der Waals surface area contributed by atoms with Crippen LogP contribution in [-0.4, -0.2) is 19.7 Å². The van der Waals surface area contributed by atoms with Crippen LogP contribution in [0.5, 0.6) is 5.75 Å². The van der Waals surface area contributed by atoms with Crippen molar-refractivity contribution in [1.29, 1.82) is 5.26 Å². The Morgan fingerprint density at radius 3 is 2.84 bits per heavy atom. The summed E-state index contributed by atoms with van der Waals surface area (Å²) in [7, 11) is 0. The highest BCUT2D eigenvalue weighted by atomic mass is 19.1. The van der Waals surface area contributed by atoms with Crippen LogP contribution in [0, 0.1) is 22.6 Å². The van der Waals surface area contributed by atoms with Crippen molar-refractivity contribution in [2.75, 3.05) is 19.7 Å². The SMILES string of the molecule is CCOc1ccc(CCNCC2(C#N)CC2)cc1F. The summed E-state index contributed by atoms with van der Waals surface area (Å²) >= 11 is 0. The minimum Gasteiger partial charge on any atom is -0.491 e. The Labute approximate surface area is 113 Å². The van der Waals surface area contributed by atoms with Crippen LogP contribution in [0.25, 0.3) is 0 Å². The molecular weight excluding hydrogens is 243 g/mol. The fraction of sp³-hybridized carbons (Fsp3) is 0.533. The molecule has 0 unspecified atom stereocenters. The third kappa shape index (κ3) is 3.68. The Morgan fingerprint density at radius 2 is 2.26 bits per heavy atom. The molecule has 0 bridgehead atoms. The molecule has 0 aliphatic heterocycles. The first-order chi connectivity index (χ1) is 9.19. The summed E-state index contributed by atoms with van der Waals surface area (Å²) in [6.07, 6.45) is 2.74. The van der Waals surface area contributed by atoms with Crippen molar-refractivity contribution >= 4 is 0 Å². The van der Waals surface area contributed by atoms with E-state index in [1.807, 2.05) is 13.0 Å². The number of nitriles is 1. The Bertz CT molecular complexity index is 478. The van der Waals surface area contributed by atoms with Crippen molar-refractivity contribution in [3.63, 3.8) is 0 Å². The third-order valence-electron chi connectivity index (χ3n) is 3.44. The van der Waals surface area contributed by atoms with Crippen molar-refractivity contribution in [3.05, 3.63) is 29.6 Å². The molecule has 1 aliphatic rings. The van der Waals surface area contributed by atoms with Gasteiger partial charge >= 0.3 is 0 Å². The zero-order valence-electron chi connectivity index (χ0n) is 11.2. The van der Waals surface area contributed by atoms with Crippen LogP contribution in [-0.2, 0) is 6.42 Å². The second-order valence-corrected chi connectivity index (χ2v) is 5.02. The average molecular weight is 262 g/mol. The molecule has 0 aromatic heterocycles. The first kappa shape index (κ1) is 13.8. The van der Waals surface area contributed by atoms with Gasteiger partial charge in [-0.05, 0) is 50.4 Å². The van der Waals surface area contributed by atoms with Crippen molar-refractivity contribution in [2.45, 2.75) is 26.2 Å². The molecular formula is C15H19FN2O. The molecule has 1 aliphatic carbocycles. The zero-order valence-corrected chi connectivity index (χ0v) is 11.2. The minimum atomic E-state index is -0.310. The summed E-state index contributed by atoms with van der Waals surface area (Å²) in [5.41, 5.74) is 0.819. The van der Waals surface area contributed by atoms with E-state index in [9.17, 15) is 4.39 Å². The van der Waals surface area contributed by atoms with E-state index >= 15 is 0 Å². The normalized spacial score (nSPS) is 15.8. The van der Waals surface area contributed by atoms with Gasteiger partial charge in [0.1, 0.15) is 0 Å². The van der Waals surface area contributed by atoms with Gasteiger partial charge in [-0.1, -0.05) is 6.07 Å². The smallest absolute Gasteiger partial charge is 0.165 e. The molecule has 3 nitrogen and oxygen atoms in total. The van der Waals surface area contributed by atoms with Gasteiger partial charge in [0.15, 0.2) is 11.6 Å². The molecule has 0 radical (unpaired) electrons. The molecule has 1 aromatic rings. The highest BCUT2D eigenvalue weighted by Crippen LogP contribution is 2.43. The molecule has 0 spiro atoms. The summed E-state index contributed by atoms with van der Waals surface area (Å²) < 4.78 is 18.8. The van der Waals surface area contributed by atoms with Gasteiger partial charge in [0.2, 0.25) is 0 Å². The second-order valence-electron chi connectivity index (χ2n) is 5.02. The molecule has 1 saturated carbocycles. The summed E-state index contributed by atoms with van der Waals surface area (Å²) in [4.78, 5) is 0. The van der Waals surface area contributed by atoms with E-state index in [0.717, 1.165) is 37.9 Å². The highest BCUT2D eigenvalue weighted by molar-refractivity contribution is 5.29. The molecule has 1 N–H and O–H groups in total. The van der Waals surface area contributed by atoms with Gasteiger partial charge in [-0.25, -0.2) is 4.39 Å². The molecule has 19 heavy (non-hydrogen) atoms. The maximum Gasteiger partial charge on any atom is 0.165 e. The second kappa shape index (κ2) is 6.03. The molecule has 0 heterocycles. The Hall–Kier alpha value is -1.60. The summed E-state index contributed by atoms with van der Waals surface area (Å²) in [6, 6.07) is 7.41. The lowest BCUT2D eigenvalue weighted by Gasteiger charge is -2.09. The van der Waals surface area contributed by atoms with E-state index in [4.69, 9.17) is 10.00 Å². The van der Waals surface area contributed by atoms with Crippen molar-refractivity contribution in [2.24, 2.45) is 5.41 Å². The van der Waals surface area contributed by atoms with Crippen molar-refractivity contribution in [3.8, 4) is 11.8 Å². The lowest BCUT2D eigenvalue weighted by atomic mass is 10.1. The van der Waals surface area contributed by atoms with Gasteiger partial charge in [0.25, 0.3) is 0 Å². The van der Waals surface area contributed by atoms with Crippen LogP contribution in [0.1, 0.15) is 25.3 Å². The van der Waals surface area contributed by atoms with Crippen LogP contribution in [0.15, 0.2) is 18.2 Å². The van der Waals surface area contributed by atoms with Crippen LogP contribution < -0.4 is 10.1 Å². The number of hydrogen-bond donors (Lipinski definition) is 1. The number of ether oxygens (including phenoxy) is 1. The first-order valence-electron chi connectivity index (χ1n) is 6.72. The van der Waals surface area contributed by atoms with Gasteiger partial charge in [0, 0.05) is 6.54 Å². The van der Waals surface area contributed by atoms with E-state index in [0.29, 0.717) is 12.4 Å². The van der Waals surface area contributed by atoms with E-state index in [1.165, 1.54) is 6.07 Å². The Kier molecular flexibility index (Phi) is 4.39.